The Bertz CT molecular complexity index is 171. The van der Waals surface area contributed by atoms with Gasteiger partial charge in [0.25, 0.3) is 0 Å². The Kier molecular flexibility index (Phi) is 11.2. The number of unbranched alkanes of at least 4 members (excludes halogenated alkanes) is 5. The Hall–Kier alpha value is -0.180. The van der Waals surface area contributed by atoms with Gasteiger partial charge in [0.2, 0.25) is 0 Å². The summed E-state index contributed by atoms with van der Waals surface area (Å²) in [5, 5.41) is -0.231. The van der Waals surface area contributed by atoms with Gasteiger partial charge in [-0.1, -0.05) is 52.4 Å². The monoisotopic (exact) mass is 246 g/mol. The number of esters is 1. The molecule has 0 radical (unpaired) electrons. The molecule has 2 nitrogen and oxygen atoms in total. The fourth-order valence-electron chi connectivity index (χ4n) is 1.54. The van der Waals surface area contributed by atoms with E-state index in [9.17, 15) is 4.79 Å². The quantitative estimate of drug-likeness (QED) is 0.358. The Balaban J connectivity index is 3.27. The smallest absolute Gasteiger partial charge is 0.318 e. The predicted octanol–water partition coefficient (Wildman–Crippen LogP) is 3.99. The highest BCUT2D eigenvalue weighted by molar-refractivity contribution is 7.81. The summed E-state index contributed by atoms with van der Waals surface area (Å²) in [4.78, 5) is 11.4. The molecule has 0 aromatic rings. The van der Waals surface area contributed by atoms with Crippen LogP contribution in [0.2, 0.25) is 0 Å². The molecule has 0 aliphatic heterocycles. The lowest BCUT2D eigenvalue weighted by Gasteiger charge is -2.09. The van der Waals surface area contributed by atoms with Gasteiger partial charge in [-0.15, -0.1) is 0 Å². The minimum atomic E-state index is -0.231. The molecule has 0 aliphatic rings. The van der Waals surface area contributed by atoms with Crippen LogP contribution in [-0.4, -0.2) is 17.8 Å². The molecule has 0 rings (SSSR count). The molecule has 0 amide bonds. The van der Waals surface area contributed by atoms with E-state index in [1.807, 2.05) is 6.92 Å². The molecule has 0 heterocycles. The molecule has 1 atom stereocenters. The van der Waals surface area contributed by atoms with Crippen molar-refractivity contribution in [3.05, 3.63) is 0 Å². The standard InChI is InChI=1S/C13H26O2S/c1-3-5-6-7-8-9-11-15-13(14)12(16)10-4-2/h12,16H,3-11H2,1-2H3. The Morgan fingerprint density at radius 1 is 1.06 bits per heavy atom. The van der Waals surface area contributed by atoms with Crippen LogP contribution in [0.4, 0.5) is 0 Å². The van der Waals surface area contributed by atoms with Crippen LogP contribution in [0, 0.1) is 0 Å². The summed E-state index contributed by atoms with van der Waals surface area (Å²) in [6, 6.07) is 0. The third kappa shape index (κ3) is 9.08. The van der Waals surface area contributed by atoms with Crippen LogP contribution in [0.5, 0.6) is 0 Å². The zero-order chi connectivity index (χ0) is 12.2. The Labute approximate surface area is 106 Å². The highest BCUT2D eigenvalue weighted by atomic mass is 32.1. The molecule has 3 heteroatoms. The first-order chi connectivity index (χ1) is 7.72. The zero-order valence-corrected chi connectivity index (χ0v) is 11.6. The molecule has 0 aromatic carbocycles. The topological polar surface area (TPSA) is 26.3 Å². The highest BCUT2D eigenvalue weighted by Crippen LogP contribution is 2.08. The number of carbonyl (C=O) groups excluding carboxylic acids is 1. The van der Waals surface area contributed by atoms with Gasteiger partial charge in [0, 0.05) is 0 Å². The van der Waals surface area contributed by atoms with Crippen molar-refractivity contribution in [1.29, 1.82) is 0 Å². The van der Waals surface area contributed by atoms with Gasteiger partial charge in [0.05, 0.1) is 11.9 Å². The lowest BCUT2D eigenvalue weighted by molar-refractivity contribution is -0.143. The number of rotatable bonds is 10. The summed E-state index contributed by atoms with van der Waals surface area (Å²) in [7, 11) is 0. The lowest BCUT2D eigenvalue weighted by Crippen LogP contribution is -2.18. The number of carbonyl (C=O) groups is 1. The summed E-state index contributed by atoms with van der Waals surface area (Å²) in [6.45, 7) is 4.82. The minimum absolute atomic E-state index is 0.154. The van der Waals surface area contributed by atoms with E-state index < -0.39 is 0 Å². The van der Waals surface area contributed by atoms with Crippen molar-refractivity contribution in [3.8, 4) is 0 Å². The number of hydrogen-bond acceptors (Lipinski definition) is 3. The molecule has 0 saturated carbocycles. The van der Waals surface area contributed by atoms with Crippen LogP contribution in [0.3, 0.4) is 0 Å². The second-order valence-electron chi connectivity index (χ2n) is 4.24. The van der Waals surface area contributed by atoms with E-state index in [0.29, 0.717) is 6.61 Å². The molecule has 0 aliphatic carbocycles. The van der Waals surface area contributed by atoms with E-state index in [1.54, 1.807) is 0 Å². The van der Waals surface area contributed by atoms with Gasteiger partial charge in [0.15, 0.2) is 0 Å². The van der Waals surface area contributed by atoms with Gasteiger partial charge in [-0.2, -0.15) is 12.6 Å². The summed E-state index contributed by atoms with van der Waals surface area (Å²) in [5.74, 6) is -0.154. The molecule has 1 unspecified atom stereocenters. The number of thiol groups is 1. The molecule has 0 bridgehead atoms. The van der Waals surface area contributed by atoms with Crippen molar-refractivity contribution in [3.63, 3.8) is 0 Å². The van der Waals surface area contributed by atoms with Gasteiger partial charge in [-0.05, 0) is 12.8 Å². The summed E-state index contributed by atoms with van der Waals surface area (Å²) >= 11 is 4.20. The minimum Gasteiger partial charge on any atom is -0.465 e. The maximum absolute atomic E-state index is 11.4. The summed E-state index contributed by atoms with van der Waals surface area (Å²) in [6.07, 6.45) is 9.07. The number of hydrogen-bond donors (Lipinski definition) is 1. The third-order valence-corrected chi connectivity index (χ3v) is 3.05. The molecule has 0 N–H and O–H groups in total. The average molecular weight is 246 g/mol. The van der Waals surface area contributed by atoms with Crippen LogP contribution < -0.4 is 0 Å². The predicted molar refractivity (Wildman–Crippen MR) is 72.0 cm³/mol. The lowest BCUT2D eigenvalue weighted by atomic mass is 10.1. The van der Waals surface area contributed by atoms with Crippen molar-refractivity contribution in [1.82, 2.24) is 0 Å². The highest BCUT2D eigenvalue weighted by Gasteiger charge is 2.13. The van der Waals surface area contributed by atoms with Gasteiger partial charge in [0.1, 0.15) is 0 Å². The van der Waals surface area contributed by atoms with Gasteiger partial charge in [-0.3, -0.25) is 4.79 Å². The third-order valence-electron chi connectivity index (χ3n) is 2.58. The van der Waals surface area contributed by atoms with E-state index in [4.69, 9.17) is 4.74 Å². The van der Waals surface area contributed by atoms with Crippen LogP contribution >= 0.6 is 12.6 Å². The van der Waals surface area contributed by atoms with Crippen molar-refractivity contribution < 1.29 is 9.53 Å². The Morgan fingerprint density at radius 3 is 2.31 bits per heavy atom. The normalized spacial score (nSPS) is 12.4. The molecule has 0 saturated heterocycles. The van der Waals surface area contributed by atoms with E-state index in [-0.39, 0.29) is 11.2 Å². The first-order valence-corrected chi connectivity index (χ1v) is 7.08. The van der Waals surface area contributed by atoms with Crippen LogP contribution in [0.25, 0.3) is 0 Å². The van der Waals surface area contributed by atoms with Gasteiger partial charge >= 0.3 is 5.97 Å². The molecule has 0 fully saturated rings. The molecular weight excluding hydrogens is 220 g/mol. The van der Waals surface area contributed by atoms with E-state index >= 15 is 0 Å². The second kappa shape index (κ2) is 11.3. The van der Waals surface area contributed by atoms with Gasteiger partial charge < -0.3 is 4.74 Å². The summed E-state index contributed by atoms with van der Waals surface area (Å²) in [5.41, 5.74) is 0. The molecule has 16 heavy (non-hydrogen) atoms. The maximum Gasteiger partial charge on any atom is 0.318 e. The fourth-order valence-corrected chi connectivity index (χ4v) is 1.88. The van der Waals surface area contributed by atoms with Crippen LogP contribution in [-0.2, 0) is 9.53 Å². The van der Waals surface area contributed by atoms with Crippen molar-refractivity contribution >= 4 is 18.6 Å². The Morgan fingerprint density at radius 2 is 1.69 bits per heavy atom. The molecule has 96 valence electrons. The zero-order valence-electron chi connectivity index (χ0n) is 10.7. The van der Waals surface area contributed by atoms with Crippen molar-refractivity contribution in [2.24, 2.45) is 0 Å². The van der Waals surface area contributed by atoms with Gasteiger partial charge in [-0.25, -0.2) is 0 Å². The van der Waals surface area contributed by atoms with E-state index in [0.717, 1.165) is 25.7 Å². The molecule has 0 spiro atoms. The summed E-state index contributed by atoms with van der Waals surface area (Å²) < 4.78 is 5.15. The second-order valence-corrected chi connectivity index (χ2v) is 4.86. The van der Waals surface area contributed by atoms with Crippen LogP contribution in [0.15, 0.2) is 0 Å². The largest absolute Gasteiger partial charge is 0.465 e. The molecular formula is C13H26O2S. The van der Waals surface area contributed by atoms with Crippen molar-refractivity contribution in [2.75, 3.05) is 6.61 Å². The molecule has 0 aromatic heterocycles. The number of ether oxygens (including phenoxy) is 1. The van der Waals surface area contributed by atoms with Crippen molar-refractivity contribution in [2.45, 2.75) is 70.5 Å². The first kappa shape index (κ1) is 15.8. The fraction of sp³-hybridized carbons (Fsp3) is 0.923. The maximum atomic E-state index is 11.4. The average Bonchev–Trinajstić information content (AvgIpc) is 2.28. The van der Waals surface area contributed by atoms with E-state index in [1.165, 1.54) is 25.7 Å². The SMILES string of the molecule is CCCCCCCCOC(=O)C(S)CCC. The van der Waals surface area contributed by atoms with E-state index in [2.05, 4.69) is 19.6 Å². The first-order valence-electron chi connectivity index (χ1n) is 6.57. The van der Waals surface area contributed by atoms with Crippen LogP contribution in [0.1, 0.15) is 65.2 Å².